The van der Waals surface area contributed by atoms with E-state index in [9.17, 15) is 9.59 Å². The lowest BCUT2D eigenvalue weighted by Crippen LogP contribution is -2.51. The second-order valence-corrected chi connectivity index (χ2v) is 8.65. The lowest BCUT2D eigenvalue weighted by molar-refractivity contribution is 0.0369. The van der Waals surface area contributed by atoms with Crippen LogP contribution in [0.2, 0.25) is 0 Å². The van der Waals surface area contributed by atoms with Gasteiger partial charge < -0.3 is 9.80 Å². The predicted octanol–water partition coefficient (Wildman–Crippen LogP) is 2.74. The number of amides is 2. The van der Waals surface area contributed by atoms with Gasteiger partial charge >= 0.3 is 0 Å². The molecule has 2 aromatic heterocycles. The van der Waals surface area contributed by atoms with Crippen LogP contribution < -0.4 is 0 Å². The van der Waals surface area contributed by atoms with Crippen LogP contribution in [0.15, 0.2) is 18.6 Å². The maximum atomic E-state index is 13.1. The number of carbonyl (C=O) groups is 2. The van der Waals surface area contributed by atoms with Gasteiger partial charge in [-0.15, -0.1) is 0 Å². The van der Waals surface area contributed by atoms with Gasteiger partial charge in [0.1, 0.15) is 11.5 Å². The molecule has 4 rings (SSSR count). The van der Waals surface area contributed by atoms with Crippen molar-refractivity contribution in [3.05, 3.63) is 47.1 Å². The highest BCUT2D eigenvalue weighted by Crippen LogP contribution is 2.32. The predicted molar refractivity (Wildman–Crippen MR) is 116 cm³/mol. The van der Waals surface area contributed by atoms with Crippen LogP contribution in [-0.2, 0) is 0 Å². The summed E-state index contributed by atoms with van der Waals surface area (Å²) in [4.78, 5) is 47.1. The van der Waals surface area contributed by atoms with E-state index in [1.54, 1.807) is 18.6 Å². The van der Waals surface area contributed by atoms with Crippen LogP contribution in [0.5, 0.6) is 0 Å². The third-order valence-electron chi connectivity index (χ3n) is 6.51. The van der Waals surface area contributed by atoms with Gasteiger partial charge in [-0.25, -0.2) is 15.0 Å². The minimum atomic E-state index is -0.0249. The SMILES string of the molecule is Cc1cnc(C(=O)N2CCCCC2C2CCN(C(=O)c3cnc(C)nc3C)CC2)cn1. The molecule has 0 saturated carbocycles. The minimum absolute atomic E-state index is 0.00227. The number of hydrogen-bond donors (Lipinski definition) is 0. The van der Waals surface area contributed by atoms with Crippen molar-refractivity contribution in [1.82, 2.24) is 29.7 Å². The van der Waals surface area contributed by atoms with Crippen LogP contribution in [0.3, 0.4) is 0 Å². The molecule has 2 aromatic rings. The first-order chi connectivity index (χ1) is 14.9. The normalized spacial score (nSPS) is 20.0. The summed E-state index contributed by atoms with van der Waals surface area (Å²) in [7, 11) is 0. The van der Waals surface area contributed by atoms with Crippen molar-refractivity contribution in [2.24, 2.45) is 5.92 Å². The molecule has 0 spiro atoms. The summed E-state index contributed by atoms with van der Waals surface area (Å²) in [5, 5.41) is 0. The lowest BCUT2D eigenvalue weighted by atomic mass is 9.83. The molecule has 31 heavy (non-hydrogen) atoms. The van der Waals surface area contributed by atoms with Gasteiger partial charge in [-0.3, -0.25) is 14.6 Å². The van der Waals surface area contributed by atoms with E-state index in [1.807, 2.05) is 30.6 Å². The van der Waals surface area contributed by atoms with Crippen LogP contribution in [0.25, 0.3) is 0 Å². The molecule has 1 atom stereocenters. The third kappa shape index (κ3) is 4.57. The van der Waals surface area contributed by atoms with Crippen molar-refractivity contribution in [1.29, 1.82) is 0 Å². The van der Waals surface area contributed by atoms with Gasteiger partial charge in [0.2, 0.25) is 0 Å². The number of likely N-dealkylation sites (tertiary alicyclic amines) is 2. The molecular formula is C23H30N6O2. The van der Waals surface area contributed by atoms with Crippen molar-refractivity contribution >= 4 is 11.8 Å². The highest BCUT2D eigenvalue weighted by molar-refractivity contribution is 5.95. The van der Waals surface area contributed by atoms with Gasteiger partial charge in [0.05, 0.1) is 23.1 Å². The first-order valence-corrected chi connectivity index (χ1v) is 11.1. The Morgan fingerprint density at radius 1 is 0.871 bits per heavy atom. The fourth-order valence-electron chi connectivity index (χ4n) is 4.80. The zero-order valence-electron chi connectivity index (χ0n) is 18.5. The van der Waals surface area contributed by atoms with Crippen LogP contribution in [0.1, 0.15) is 70.2 Å². The Morgan fingerprint density at radius 3 is 2.32 bits per heavy atom. The number of aromatic nitrogens is 4. The molecule has 164 valence electrons. The van der Waals surface area contributed by atoms with Crippen LogP contribution >= 0.6 is 0 Å². The number of aryl methyl sites for hydroxylation is 3. The molecule has 2 aliphatic rings. The first-order valence-electron chi connectivity index (χ1n) is 11.1. The van der Waals surface area contributed by atoms with Crippen molar-refractivity contribution in [2.45, 2.75) is 58.9 Å². The second kappa shape index (κ2) is 9.08. The summed E-state index contributed by atoms with van der Waals surface area (Å²) >= 11 is 0. The summed E-state index contributed by atoms with van der Waals surface area (Å²) in [6, 6.07) is 0.200. The molecular weight excluding hydrogens is 392 g/mol. The molecule has 4 heterocycles. The molecule has 0 aromatic carbocycles. The molecule has 0 radical (unpaired) electrons. The Bertz CT molecular complexity index is 953. The summed E-state index contributed by atoms with van der Waals surface area (Å²) in [5.74, 6) is 1.04. The van der Waals surface area contributed by atoms with Gasteiger partial charge in [-0.1, -0.05) is 0 Å². The zero-order valence-corrected chi connectivity index (χ0v) is 18.5. The van der Waals surface area contributed by atoms with Gasteiger partial charge in [0.15, 0.2) is 0 Å². The molecule has 2 aliphatic heterocycles. The Kier molecular flexibility index (Phi) is 6.25. The zero-order chi connectivity index (χ0) is 22.0. The number of hydrogen-bond acceptors (Lipinski definition) is 6. The van der Waals surface area contributed by atoms with Crippen LogP contribution in [0, 0.1) is 26.7 Å². The molecule has 2 amide bonds. The van der Waals surface area contributed by atoms with E-state index in [2.05, 4.69) is 19.9 Å². The molecule has 8 heteroatoms. The highest BCUT2D eigenvalue weighted by Gasteiger charge is 2.36. The van der Waals surface area contributed by atoms with E-state index >= 15 is 0 Å². The maximum Gasteiger partial charge on any atom is 0.274 e. The third-order valence-corrected chi connectivity index (χ3v) is 6.51. The van der Waals surface area contributed by atoms with Crippen molar-refractivity contribution in [2.75, 3.05) is 19.6 Å². The van der Waals surface area contributed by atoms with Gasteiger partial charge in [0.25, 0.3) is 11.8 Å². The van der Waals surface area contributed by atoms with E-state index in [1.165, 1.54) is 0 Å². The average Bonchev–Trinajstić information content (AvgIpc) is 2.79. The standard InChI is InChI=1S/C23H30N6O2/c1-15-12-26-20(14-24-15)23(31)29-9-5-4-6-21(29)18-7-10-28(11-8-18)22(30)19-13-25-17(3)27-16(19)2/h12-14,18,21H,4-11H2,1-3H3. The molecule has 8 nitrogen and oxygen atoms in total. The Labute approximate surface area is 183 Å². The second-order valence-electron chi connectivity index (χ2n) is 8.65. The van der Waals surface area contributed by atoms with Gasteiger partial charge in [-0.05, 0) is 58.8 Å². The topological polar surface area (TPSA) is 92.2 Å². The molecule has 0 bridgehead atoms. The maximum absolute atomic E-state index is 13.1. The molecule has 2 saturated heterocycles. The molecule has 0 aliphatic carbocycles. The number of nitrogens with zero attached hydrogens (tertiary/aromatic N) is 6. The lowest BCUT2D eigenvalue weighted by Gasteiger charge is -2.43. The highest BCUT2D eigenvalue weighted by atomic mass is 16.2. The van der Waals surface area contributed by atoms with Crippen molar-refractivity contribution in [3.63, 3.8) is 0 Å². The molecule has 0 N–H and O–H groups in total. The summed E-state index contributed by atoms with van der Waals surface area (Å²) in [6.45, 7) is 7.70. The fourth-order valence-corrected chi connectivity index (χ4v) is 4.80. The summed E-state index contributed by atoms with van der Waals surface area (Å²) in [6.07, 6.45) is 9.81. The smallest absolute Gasteiger partial charge is 0.274 e. The van der Waals surface area contributed by atoms with Crippen LogP contribution in [0.4, 0.5) is 0 Å². The Balaban J connectivity index is 1.42. The fraction of sp³-hybridized carbons (Fsp3) is 0.565. The van der Waals surface area contributed by atoms with E-state index in [4.69, 9.17) is 0 Å². The molecule has 1 unspecified atom stereocenters. The van der Waals surface area contributed by atoms with Gasteiger partial charge in [0, 0.05) is 38.1 Å². The van der Waals surface area contributed by atoms with Gasteiger partial charge in [-0.2, -0.15) is 0 Å². The van der Waals surface area contributed by atoms with Crippen molar-refractivity contribution < 1.29 is 9.59 Å². The van der Waals surface area contributed by atoms with Crippen LogP contribution in [-0.4, -0.2) is 67.2 Å². The molecule has 2 fully saturated rings. The first kappa shape index (κ1) is 21.3. The van der Waals surface area contributed by atoms with E-state index in [0.717, 1.165) is 50.0 Å². The quantitative estimate of drug-likeness (QED) is 0.755. The summed E-state index contributed by atoms with van der Waals surface area (Å²) in [5.41, 5.74) is 2.53. The minimum Gasteiger partial charge on any atom is -0.339 e. The average molecular weight is 423 g/mol. The Morgan fingerprint density at radius 2 is 1.65 bits per heavy atom. The monoisotopic (exact) mass is 422 g/mol. The van der Waals surface area contributed by atoms with E-state index < -0.39 is 0 Å². The van der Waals surface area contributed by atoms with E-state index in [0.29, 0.717) is 36.1 Å². The number of rotatable bonds is 3. The number of piperidine rings is 2. The largest absolute Gasteiger partial charge is 0.339 e. The number of carbonyl (C=O) groups excluding carboxylic acids is 2. The summed E-state index contributed by atoms with van der Waals surface area (Å²) < 4.78 is 0. The van der Waals surface area contributed by atoms with Crippen molar-refractivity contribution in [3.8, 4) is 0 Å². The Hall–Kier alpha value is -2.90. The van der Waals surface area contributed by atoms with E-state index in [-0.39, 0.29) is 17.9 Å².